The second-order valence-electron chi connectivity index (χ2n) is 15.1. The van der Waals surface area contributed by atoms with Crippen molar-refractivity contribution < 1.29 is 19.1 Å². The van der Waals surface area contributed by atoms with Gasteiger partial charge in [0.25, 0.3) is 0 Å². The highest BCUT2D eigenvalue weighted by Gasteiger charge is 2.54. The number of aromatic nitrogens is 1. The molecule has 0 bridgehead atoms. The number of benzene rings is 3. The lowest BCUT2D eigenvalue weighted by Crippen LogP contribution is -2.60. The summed E-state index contributed by atoms with van der Waals surface area (Å²) in [5, 5.41) is 11.3. The Morgan fingerprint density at radius 1 is 0.936 bits per heavy atom. The van der Waals surface area contributed by atoms with Gasteiger partial charge < -0.3 is 29.9 Å². The van der Waals surface area contributed by atoms with Crippen LogP contribution in [-0.2, 0) is 23.1 Å². The molecular weight excluding hydrogens is 607 g/mol. The van der Waals surface area contributed by atoms with E-state index < -0.39 is 31.5 Å². The number of hydrogen-bond donors (Lipinski definition) is 3. The monoisotopic (exact) mass is 657 g/mol. The maximum Gasteiger partial charge on any atom is 0.407 e. The normalized spacial score (nSPS) is 14.4. The Morgan fingerprint density at radius 3 is 2.19 bits per heavy atom. The van der Waals surface area contributed by atoms with Crippen molar-refractivity contribution in [2.75, 3.05) is 12.3 Å². The van der Waals surface area contributed by atoms with Crippen LogP contribution in [0.25, 0.3) is 10.9 Å². The van der Waals surface area contributed by atoms with Gasteiger partial charge in [0.05, 0.1) is 12.1 Å². The maximum absolute atomic E-state index is 13.2. The number of hydrogen-bond acceptors (Lipinski definition) is 5. The lowest BCUT2D eigenvalue weighted by molar-refractivity contribution is -0.0743. The second-order valence-corrected chi connectivity index (χ2v) is 19.9. The zero-order chi connectivity index (χ0) is 34.8. The molecule has 3 aromatic carbocycles. The molecule has 4 aromatic rings. The van der Waals surface area contributed by atoms with Crippen molar-refractivity contribution in [2.24, 2.45) is 5.41 Å². The van der Waals surface area contributed by atoms with Gasteiger partial charge in [-0.15, -0.1) is 0 Å². The first-order chi connectivity index (χ1) is 21.8. The van der Waals surface area contributed by atoms with Gasteiger partial charge >= 0.3 is 6.09 Å². The van der Waals surface area contributed by atoms with Gasteiger partial charge in [0.2, 0.25) is 5.56 Å². The van der Waals surface area contributed by atoms with Gasteiger partial charge in [-0.25, -0.2) is 4.79 Å². The van der Waals surface area contributed by atoms with Crippen molar-refractivity contribution in [1.29, 1.82) is 0 Å². The summed E-state index contributed by atoms with van der Waals surface area (Å²) in [7, 11) is -2.56. The number of anilines is 1. The molecule has 8 nitrogen and oxygen atoms in total. The predicted molar refractivity (Wildman–Crippen MR) is 194 cm³/mol. The SMILES string of the molecule is CC(Cc1cccc(N)c1)N(C[C@](O[Si](C)(C)C(C)(C)C)(c1ccc(OCc2ccccc2)c2[nH]c(=O)ccc12)C(C)(C)C)C(=O)O. The summed E-state index contributed by atoms with van der Waals surface area (Å²) < 4.78 is 13.8. The van der Waals surface area contributed by atoms with Crippen LogP contribution >= 0.6 is 0 Å². The number of carbonyl (C=O) groups is 1. The van der Waals surface area contributed by atoms with E-state index in [0.29, 0.717) is 30.0 Å². The van der Waals surface area contributed by atoms with Gasteiger partial charge in [-0.05, 0) is 77.8 Å². The molecule has 0 aliphatic rings. The van der Waals surface area contributed by atoms with Gasteiger partial charge in [0.15, 0.2) is 8.32 Å². The summed E-state index contributed by atoms with van der Waals surface area (Å²) >= 11 is 0. The largest absolute Gasteiger partial charge is 0.487 e. The van der Waals surface area contributed by atoms with Gasteiger partial charge in [0, 0.05) is 23.2 Å². The van der Waals surface area contributed by atoms with Gasteiger partial charge in [0.1, 0.15) is 18.0 Å². The highest BCUT2D eigenvalue weighted by Crippen LogP contribution is 2.52. The molecule has 0 saturated carbocycles. The van der Waals surface area contributed by atoms with Crippen molar-refractivity contribution in [1.82, 2.24) is 9.88 Å². The number of nitrogens with zero attached hydrogens (tertiary/aromatic N) is 1. The summed E-state index contributed by atoms with van der Waals surface area (Å²) in [6.45, 7) is 19.5. The smallest absolute Gasteiger partial charge is 0.407 e. The zero-order valence-corrected chi connectivity index (χ0v) is 30.3. The summed E-state index contributed by atoms with van der Waals surface area (Å²) in [4.78, 5) is 30.4. The number of fused-ring (bicyclic) bond motifs is 1. The number of pyridine rings is 1. The lowest BCUT2D eigenvalue weighted by atomic mass is 9.70. The molecule has 4 rings (SSSR count). The molecule has 2 atom stereocenters. The van der Waals surface area contributed by atoms with Crippen molar-refractivity contribution in [3.05, 3.63) is 106 Å². The zero-order valence-electron chi connectivity index (χ0n) is 29.3. The second kappa shape index (κ2) is 13.6. The topological polar surface area (TPSA) is 118 Å². The van der Waals surface area contributed by atoms with E-state index in [1.54, 1.807) is 6.07 Å². The Morgan fingerprint density at radius 2 is 1.60 bits per heavy atom. The minimum absolute atomic E-state index is 0.0697. The van der Waals surface area contributed by atoms with E-state index in [9.17, 15) is 14.7 Å². The molecule has 0 saturated heterocycles. The highest BCUT2D eigenvalue weighted by atomic mass is 28.4. The molecule has 9 heteroatoms. The van der Waals surface area contributed by atoms with E-state index in [1.165, 1.54) is 11.0 Å². The number of amides is 1. The Hall–Kier alpha value is -4.08. The van der Waals surface area contributed by atoms with Gasteiger partial charge in [-0.1, -0.05) is 90.1 Å². The van der Waals surface area contributed by atoms with Crippen LogP contribution in [0.2, 0.25) is 18.1 Å². The number of nitrogen functional groups attached to an aromatic ring is 1. The van der Waals surface area contributed by atoms with Crippen molar-refractivity contribution in [3.8, 4) is 5.75 Å². The maximum atomic E-state index is 13.2. The third kappa shape index (κ3) is 7.91. The van der Waals surface area contributed by atoms with Gasteiger partial charge in [-0.3, -0.25) is 4.79 Å². The third-order valence-electron chi connectivity index (χ3n) is 9.63. The fraction of sp³-hybridized carbons (Fsp3) is 0.421. The van der Waals surface area contributed by atoms with Crippen LogP contribution in [-0.4, -0.2) is 42.0 Å². The quantitative estimate of drug-likeness (QED) is 0.110. The highest BCUT2D eigenvalue weighted by molar-refractivity contribution is 6.74. The average Bonchev–Trinajstić information content (AvgIpc) is 2.97. The summed E-state index contributed by atoms with van der Waals surface area (Å²) in [5.41, 5.74) is 8.04. The molecule has 1 unspecified atom stereocenters. The molecule has 0 aliphatic carbocycles. The Balaban J connectivity index is 1.94. The van der Waals surface area contributed by atoms with E-state index in [4.69, 9.17) is 14.9 Å². The number of rotatable bonds is 11. The molecule has 252 valence electrons. The first kappa shape index (κ1) is 35.8. The molecule has 0 fully saturated rings. The van der Waals surface area contributed by atoms with Crippen LogP contribution < -0.4 is 16.0 Å². The van der Waals surface area contributed by atoms with E-state index in [2.05, 4.69) is 59.6 Å². The fourth-order valence-corrected chi connectivity index (χ4v) is 7.47. The fourth-order valence-electron chi connectivity index (χ4n) is 5.81. The van der Waals surface area contributed by atoms with Crippen LogP contribution in [0.5, 0.6) is 5.75 Å². The number of aromatic amines is 1. The van der Waals surface area contributed by atoms with E-state index >= 15 is 0 Å². The van der Waals surface area contributed by atoms with E-state index in [0.717, 1.165) is 22.1 Å². The van der Waals surface area contributed by atoms with E-state index in [1.807, 2.05) is 73.7 Å². The number of carboxylic acid groups (broad SMARTS) is 1. The minimum Gasteiger partial charge on any atom is -0.487 e. The van der Waals surface area contributed by atoms with Crippen molar-refractivity contribution in [3.63, 3.8) is 0 Å². The van der Waals surface area contributed by atoms with Crippen LogP contribution in [0.15, 0.2) is 83.7 Å². The number of nitrogens with one attached hydrogen (secondary N) is 1. The molecule has 0 radical (unpaired) electrons. The molecule has 0 spiro atoms. The first-order valence-electron chi connectivity index (χ1n) is 16.2. The number of ether oxygens (including phenoxy) is 1. The lowest BCUT2D eigenvalue weighted by Gasteiger charge is -2.54. The van der Waals surface area contributed by atoms with Gasteiger partial charge in [-0.2, -0.15) is 0 Å². The third-order valence-corrected chi connectivity index (χ3v) is 14.1. The number of nitrogens with two attached hydrogens (primary N) is 1. The van der Waals surface area contributed by atoms with Crippen LogP contribution in [0.4, 0.5) is 10.5 Å². The molecule has 47 heavy (non-hydrogen) atoms. The Bertz CT molecular complexity index is 1760. The predicted octanol–water partition coefficient (Wildman–Crippen LogP) is 8.56. The molecule has 1 aromatic heterocycles. The Labute approximate surface area is 280 Å². The molecular formula is C38H51N3O5Si. The molecule has 1 amide bonds. The van der Waals surface area contributed by atoms with Crippen molar-refractivity contribution >= 4 is 31.0 Å². The summed E-state index contributed by atoms with van der Waals surface area (Å²) in [5.74, 6) is 0.533. The molecule has 4 N–H and O–H groups in total. The standard InChI is InChI=1S/C38H51N3O5Si/c1-26(22-28-16-13-17-29(39)23-28)41(35(43)44)25-38(36(2,3)4,46-47(8,9)37(5,6)7)31-19-20-32(34-30(31)18-21-33(42)40-34)45-24-27-14-11-10-12-15-27/h10-21,23,26H,22,24-25,39H2,1-9H3,(H,40,42)(H,43,44)/t26?,38-/m0/s1. The van der Waals surface area contributed by atoms with Crippen molar-refractivity contribution in [2.45, 2.75) is 91.3 Å². The average molecular weight is 658 g/mol. The summed E-state index contributed by atoms with van der Waals surface area (Å²) in [6, 6.07) is 24.2. The Kier molecular flexibility index (Phi) is 10.3. The van der Waals surface area contributed by atoms with E-state index in [-0.39, 0.29) is 17.1 Å². The van der Waals surface area contributed by atoms with Crippen LogP contribution in [0, 0.1) is 5.41 Å². The van der Waals surface area contributed by atoms with Crippen LogP contribution in [0.3, 0.4) is 0 Å². The number of H-pyrrole nitrogens is 1. The van der Waals surface area contributed by atoms with Crippen LogP contribution in [0.1, 0.15) is 65.2 Å². The minimum atomic E-state index is -2.56. The molecule has 0 aliphatic heterocycles. The summed E-state index contributed by atoms with van der Waals surface area (Å²) in [6.07, 6.45) is -0.549. The molecule has 1 heterocycles. The first-order valence-corrected chi connectivity index (χ1v) is 19.1.